The molecule has 9 heteroatoms. The molecule has 0 saturated carbocycles. The zero-order valence-corrected chi connectivity index (χ0v) is 16.8. The van der Waals surface area contributed by atoms with Gasteiger partial charge in [-0.1, -0.05) is 42.5 Å². The molecule has 0 bridgehead atoms. The third-order valence-corrected chi connectivity index (χ3v) is 4.40. The van der Waals surface area contributed by atoms with Crippen molar-refractivity contribution in [1.29, 1.82) is 0 Å². The fourth-order valence-electron chi connectivity index (χ4n) is 2.99. The number of amides is 1. The van der Waals surface area contributed by atoms with Gasteiger partial charge in [-0.15, -0.1) is 0 Å². The van der Waals surface area contributed by atoms with E-state index in [1.54, 1.807) is 41.6 Å². The van der Waals surface area contributed by atoms with E-state index in [0.717, 1.165) is 5.56 Å². The van der Waals surface area contributed by atoms with Crippen LogP contribution in [0.2, 0.25) is 0 Å². The first kappa shape index (κ1) is 25.4. The number of primary amides is 1. The van der Waals surface area contributed by atoms with Gasteiger partial charge in [0.25, 0.3) is 0 Å². The molecule has 1 heterocycles. The summed E-state index contributed by atoms with van der Waals surface area (Å²) in [6.45, 7) is 0.284. The number of carbonyl (C=O) groups excluding carboxylic acids is 3. The van der Waals surface area contributed by atoms with E-state index in [1.165, 1.54) is 24.3 Å². The van der Waals surface area contributed by atoms with Crippen molar-refractivity contribution >= 4 is 17.8 Å². The molecule has 0 fully saturated rings. The van der Waals surface area contributed by atoms with Crippen LogP contribution in [0.5, 0.6) is 0 Å². The SMILES string of the molecule is NC(=O)C1=CN(Cc2cc(C(=O)[O-])ccc2-c2ccc(C(=O)[O-])cc2)C=CC1.[Li+].[Li+]. The third kappa shape index (κ3) is 5.92. The van der Waals surface area contributed by atoms with Gasteiger partial charge >= 0.3 is 37.7 Å². The van der Waals surface area contributed by atoms with Crippen LogP contribution >= 0.6 is 0 Å². The Kier molecular flexibility index (Phi) is 9.23. The number of allylic oxidation sites excluding steroid dienone is 1. The Morgan fingerprint density at radius 2 is 1.53 bits per heavy atom. The Morgan fingerprint density at radius 1 is 0.933 bits per heavy atom. The predicted octanol–water partition coefficient (Wildman–Crippen LogP) is -5.82. The topological polar surface area (TPSA) is 127 Å². The summed E-state index contributed by atoms with van der Waals surface area (Å²) in [6, 6.07) is 10.7. The third-order valence-electron chi connectivity index (χ3n) is 4.40. The maximum Gasteiger partial charge on any atom is 1.00 e. The molecular weight excluding hydrogens is 374 g/mol. The summed E-state index contributed by atoms with van der Waals surface area (Å²) >= 11 is 0. The van der Waals surface area contributed by atoms with Crippen molar-refractivity contribution in [3.05, 3.63) is 83.2 Å². The van der Waals surface area contributed by atoms with Gasteiger partial charge in [0.05, 0.1) is 11.9 Å². The van der Waals surface area contributed by atoms with E-state index in [4.69, 9.17) is 5.73 Å². The summed E-state index contributed by atoms with van der Waals surface area (Å²) < 4.78 is 0. The second-order valence-electron chi connectivity index (χ2n) is 6.30. The molecule has 30 heavy (non-hydrogen) atoms. The van der Waals surface area contributed by atoms with Crippen molar-refractivity contribution in [1.82, 2.24) is 4.90 Å². The predicted molar refractivity (Wildman–Crippen MR) is 97.1 cm³/mol. The van der Waals surface area contributed by atoms with Gasteiger partial charge in [0.15, 0.2) is 0 Å². The van der Waals surface area contributed by atoms with E-state index >= 15 is 0 Å². The number of hydrogen-bond donors (Lipinski definition) is 1. The van der Waals surface area contributed by atoms with Crippen LogP contribution in [0, 0.1) is 0 Å². The molecule has 0 saturated heterocycles. The molecule has 0 aliphatic carbocycles. The minimum atomic E-state index is -1.30. The molecule has 2 aromatic carbocycles. The van der Waals surface area contributed by atoms with E-state index in [2.05, 4.69) is 0 Å². The van der Waals surface area contributed by atoms with Crippen molar-refractivity contribution in [2.45, 2.75) is 13.0 Å². The van der Waals surface area contributed by atoms with E-state index in [-0.39, 0.29) is 55.4 Å². The van der Waals surface area contributed by atoms with Crippen LogP contribution in [-0.2, 0) is 11.3 Å². The fraction of sp³-hybridized carbons (Fsp3) is 0.0952. The minimum Gasteiger partial charge on any atom is -0.545 e. The quantitative estimate of drug-likeness (QED) is 0.490. The molecule has 3 rings (SSSR count). The van der Waals surface area contributed by atoms with Gasteiger partial charge < -0.3 is 30.4 Å². The van der Waals surface area contributed by atoms with Crippen molar-refractivity contribution < 1.29 is 62.3 Å². The molecule has 0 radical (unpaired) electrons. The second-order valence-corrected chi connectivity index (χ2v) is 6.30. The van der Waals surface area contributed by atoms with Gasteiger partial charge in [-0.25, -0.2) is 0 Å². The van der Waals surface area contributed by atoms with Crippen molar-refractivity contribution in [2.24, 2.45) is 5.73 Å². The Hall–Kier alpha value is -2.68. The summed E-state index contributed by atoms with van der Waals surface area (Å²) in [4.78, 5) is 35.4. The van der Waals surface area contributed by atoms with E-state index in [1.807, 2.05) is 0 Å². The number of rotatable bonds is 6. The largest absolute Gasteiger partial charge is 1.00 e. The molecular formula is C21H16Li2N2O5. The van der Waals surface area contributed by atoms with Crippen molar-refractivity contribution in [2.75, 3.05) is 0 Å². The van der Waals surface area contributed by atoms with Crippen LogP contribution in [0.25, 0.3) is 11.1 Å². The molecule has 0 unspecified atom stereocenters. The molecule has 0 spiro atoms. The first-order valence-corrected chi connectivity index (χ1v) is 8.44. The summed E-state index contributed by atoms with van der Waals surface area (Å²) in [7, 11) is 0. The van der Waals surface area contributed by atoms with Gasteiger partial charge in [-0.05, 0) is 40.3 Å². The first-order valence-electron chi connectivity index (χ1n) is 8.44. The van der Waals surface area contributed by atoms with Crippen LogP contribution < -0.4 is 53.7 Å². The van der Waals surface area contributed by atoms with Gasteiger partial charge in [-0.3, -0.25) is 4.79 Å². The van der Waals surface area contributed by atoms with Crippen LogP contribution in [0.3, 0.4) is 0 Å². The van der Waals surface area contributed by atoms with Crippen LogP contribution in [0.1, 0.15) is 32.7 Å². The Labute approximate surface area is 197 Å². The number of hydrogen-bond acceptors (Lipinski definition) is 6. The smallest absolute Gasteiger partial charge is 0.545 e. The molecule has 2 aromatic rings. The molecule has 1 aliphatic heterocycles. The van der Waals surface area contributed by atoms with Crippen LogP contribution in [0.15, 0.2) is 66.5 Å². The van der Waals surface area contributed by atoms with Crippen molar-refractivity contribution in [3.63, 3.8) is 0 Å². The maximum absolute atomic E-state index is 11.4. The zero-order valence-electron chi connectivity index (χ0n) is 16.8. The Morgan fingerprint density at radius 3 is 2.10 bits per heavy atom. The summed E-state index contributed by atoms with van der Waals surface area (Å²) in [6.07, 6.45) is 5.62. The van der Waals surface area contributed by atoms with Gasteiger partial charge in [0, 0.05) is 24.5 Å². The Balaban J connectivity index is 0.00000225. The number of carboxylic acids is 2. The summed E-state index contributed by atoms with van der Waals surface area (Å²) in [5, 5.41) is 22.2. The van der Waals surface area contributed by atoms with Gasteiger partial charge in [0.2, 0.25) is 5.91 Å². The molecule has 7 nitrogen and oxygen atoms in total. The normalized spacial score (nSPS) is 12.3. The Bertz CT molecular complexity index is 1020. The van der Waals surface area contributed by atoms with E-state index in [9.17, 15) is 24.6 Å². The number of carboxylic acid groups (broad SMARTS) is 2. The number of nitrogens with two attached hydrogens (primary N) is 1. The maximum atomic E-state index is 11.4. The zero-order chi connectivity index (χ0) is 20.3. The molecule has 142 valence electrons. The standard InChI is InChI=1S/C21H18N2O5.2Li/c22-19(24)16-2-1-9-23(11-16)12-17-10-15(21(27)28)7-8-18(17)13-3-5-14(6-4-13)20(25)26;;/h1,3-11H,2,12H2,(H2,22,24)(H,25,26)(H,27,28);;/q;2*+1/p-2. The molecule has 0 aromatic heterocycles. The molecule has 1 aliphatic rings. The number of benzene rings is 2. The summed E-state index contributed by atoms with van der Waals surface area (Å²) in [5.74, 6) is -3.10. The average Bonchev–Trinajstić information content (AvgIpc) is 2.68. The second kappa shape index (κ2) is 10.9. The molecule has 2 N–H and O–H groups in total. The van der Waals surface area contributed by atoms with Crippen LogP contribution in [-0.4, -0.2) is 22.7 Å². The van der Waals surface area contributed by atoms with E-state index in [0.29, 0.717) is 23.1 Å². The fourth-order valence-corrected chi connectivity index (χ4v) is 2.99. The van der Waals surface area contributed by atoms with Crippen molar-refractivity contribution in [3.8, 4) is 11.1 Å². The molecule has 1 amide bonds. The summed E-state index contributed by atoms with van der Waals surface area (Å²) in [5.41, 5.74) is 7.95. The van der Waals surface area contributed by atoms with Gasteiger partial charge in [0.1, 0.15) is 0 Å². The van der Waals surface area contributed by atoms with Crippen LogP contribution in [0.4, 0.5) is 0 Å². The number of aromatic carboxylic acids is 2. The minimum absolute atomic E-state index is 0. The number of nitrogens with zero attached hydrogens (tertiary/aromatic N) is 1. The molecule has 0 atom stereocenters. The monoisotopic (exact) mass is 390 g/mol. The first-order chi connectivity index (χ1) is 13.3. The van der Waals surface area contributed by atoms with Gasteiger partial charge in [-0.2, -0.15) is 0 Å². The number of carbonyl (C=O) groups is 3. The average molecular weight is 390 g/mol. The van der Waals surface area contributed by atoms with E-state index < -0.39 is 17.8 Å².